The van der Waals surface area contributed by atoms with E-state index in [1.54, 1.807) is 6.08 Å². The Morgan fingerprint density at radius 2 is 0.736 bits per heavy atom. The number of aliphatic hydroxyl groups is 5. The topological polar surface area (TPSA) is 175 Å². The number of carbonyl (C=O) groups is 2. The van der Waals surface area contributed by atoms with Gasteiger partial charge in [-0.3, -0.25) is 9.59 Å². The van der Waals surface area contributed by atoms with E-state index in [1.807, 2.05) is 6.08 Å². The van der Waals surface area contributed by atoms with Gasteiger partial charge in [0.25, 0.3) is 0 Å². The standard InChI is InChI=1S/C80H149NO10/c1-3-5-7-9-11-13-15-46-50-54-58-62-66-73(83)72(71-90-80-79(88)78(87)77(86)74(70-82)91-80)81-75(84)67-63-59-55-51-47-44-42-40-38-36-34-32-30-28-26-24-22-20-18-17-19-21-23-25-27-29-31-33-35-37-39-41-43-45-49-53-57-61-65-69-89-76(85)68-64-60-56-52-48-16-14-12-10-8-6-4-2/h12,14,17-18,21,23,62,66,72-74,77-80,82-83,86-88H,3-11,13,15-16,19-20,22,24-61,63-65,67-71H2,1-2H3,(H,81,84)/b14-12-,18-17-,23-21-,66-62+. The summed E-state index contributed by atoms with van der Waals surface area (Å²) < 4.78 is 16.7. The number of esters is 1. The second-order valence-electron chi connectivity index (χ2n) is 27.4. The maximum absolute atomic E-state index is 13.1. The summed E-state index contributed by atoms with van der Waals surface area (Å²) in [6, 6.07) is -0.808. The molecule has 0 aromatic carbocycles. The van der Waals surface area contributed by atoms with Gasteiger partial charge in [-0.25, -0.2) is 0 Å². The summed E-state index contributed by atoms with van der Waals surface area (Å²) in [5.74, 6) is -0.172. The second-order valence-corrected chi connectivity index (χ2v) is 27.4. The average molecular weight is 1290 g/mol. The first-order valence-corrected chi connectivity index (χ1v) is 39.4. The van der Waals surface area contributed by atoms with Crippen molar-refractivity contribution in [2.24, 2.45) is 0 Å². The third kappa shape index (κ3) is 57.6. The molecule has 1 fully saturated rings. The van der Waals surface area contributed by atoms with Crippen LogP contribution in [0.5, 0.6) is 0 Å². The minimum absolute atomic E-state index is 0.00467. The number of aliphatic hydroxyl groups excluding tert-OH is 5. The van der Waals surface area contributed by atoms with E-state index in [-0.39, 0.29) is 18.5 Å². The molecule has 1 saturated heterocycles. The van der Waals surface area contributed by atoms with E-state index in [4.69, 9.17) is 14.2 Å². The van der Waals surface area contributed by atoms with Crippen LogP contribution in [0.1, 0.15) is 386 Å². The van der Waals surface area contributed by atoms with Gasteiger partial charge in [-0.1, -0.05) is 332 Å². The van der Waals surface area contributed by atoms with E-state index in [9.17, 15) is 35.1 Å². The number of hydrogen-bond donors (Lipinski definition) is 6. The zero-order chi connectivity index (χ0) is 65.8. The van der Waals surface area contributed by atoms with Crippen molar-refractivity contribution in [2.45, 2.75) is 429 Å². The first kappa shape index (κ1) is 86.6. The van der Waals surface area contributed by atoms with Crippen molar-refractivity contribution in [3.63, 3.8) is 0 Å². The molecule has 0 aliphatic carbocycles. The van der Waals surface area contributed by atoms with Gasteiger partial charge in [0, 0.05) is 12.8 Å². The van der Waals surface area contributed by atoms with Gasteiger partial charge in [-0.2, -0.15) is 0 Å². The number of hydrogen-bond acceptors (Lipinski definition) is 10. The molecule has 7 unspecified atom stereocenters. The van der Waals surface area contributed by atoms with Crippen LogP contribution >= 0.6 is 0 Å². The molecule has 0 spiro atoms. The fourth-order valence-electron chi connectivity index (χ4n) is 12.5. The molecule has 91 heavy (non-hydrogen) atoms. The molecule has 1 aliphatic rings. The summed E-state index contributed by atoms with van der Waals surface area (Å²) in [5.41, 5.74) is 0. The molecular weight excluding hydrogens is 1130 g/mol. The maximum atomic E-state index is 13.1. The molecular formula is C80H149NO10. The van der Waals surface area contributed by atoms with E-state index in [1.165, 1.54) is 295 Å². The summed E-state index contributed by atoms with van der Waals surface area (Å²) in [7, 11) is 0. The quantitative estimate of drug-likeness (QED) is 0.0195. The van der Waals surface area contributed by atoms with E-state index in [0.717, 1.165) is 64.2 Å². The number of carbonyl (C=O) groups excluding carboxylic acids is 2. The lowest BCUT2D eigenvalue weighted by molar-refractivity contribution is -0.302. The third-order valence-corrected chi connectivity index (χ3v) is 18.7. The predicted molar refractivity (Wildman–Crippen MR) is 384 cm³/mol. The van der Waals surface area contributed by atoms with E-state index < -0.39 is 49.5 Å². The zero-order valence-electron chi connectivity index (χ0n) is 59.6. The van der Waals surface area contributed by atoms with Crippen LogP contribution in [0.3, 0.4) is 0 Å². The number of rotatable bonds is 70. The van der Waals surface area contributed by atoms with E-state index >= 15 is 0 Å². The number of ether oxygens (including phenoxy) is 3. The van der Waals surface area contributed by atoms with Crippen molar-refractivity contribution in [1.29, 1.82) is 0 Å². The lowest BCUT2D eigenvalue weighted by Gasteiger charge is -2.40. The van der Waals surface area contributed by atoms with Gasteiger partial charge in [0.05, 0.1) is 32.0 Å². The summed E-state index contributed by atoms with van der Waals surface area (Å²) in [4.78, 5) is 25.1. The molecule has 0 saturated carbocycles. The van der Waals surface area contributed by atoms with Crippen molar-refractivity contribution < 1.29 is 49.3 Å². The predicted octanol–water partition coefficient (Wildman–Crippen LogP) is 21.1. The van der Waals surface area contributed by atoms with Crippen LogP contribution in [0.15, 0.2) is 48.6 Å². The average Bonchev–Trinajstić information content (AvgIpc) is 1.35. The molecule has 0 bridgehead atoms. The Balaban J connectivity index is 1.90. The molecule has 1 heterocycles. The van der Waals surface area contributed by atoms with E-state index in [0.29, 0.717) is 19.4 Å². The Kier molecular flexibility index (Phi) is 65.7. The minimum Gasteiger partial charge on any atom is -0.466 e. The monoisotopic (exact) mass is 1280 g/mol. The zero-order valence-corrected chi connectivity index (χ0v) is 59.6. The molecule has 0 aromatic rings. The summed E-state index contributed by atoms with van der Waals surface area (Å²) in [6.45, 7) is 4.35. The highest BCUT2D eigenvalue weighted by Crippen LogP contribution is 2.24. The van der Waals surface area contributed by atoms with Gasteiger partial charge < -0.3 is 45.1 Å². The Labute approximate surface area is 561 Å². The van der Waals surface area contributed by atoms with Crippen molar-refractivity contribution in [3.05, 3.63) is 48.6 Å². The van der Waals surface area contributed by atoms with Crippen LogP contribution in [-0.2, 0) is 23.8 Å². The normalized spacial score (nSPS) is 17.8. The lowest BCUT2D eigenvalue weighted by Crippen LogP contribution is -2.60. The number of allylic oxidation sites excluding steroid dienone is 7. The van der Waals surface area contributed by atoms with Crippen molar-refractivity contribution in [2.75, 3.05) is 19.8 Å². The number of amides is 1. The largest absolute Gasteiger partial charge is 0.466 e. The molecule has 0 aromatic heterocycles. The van der Waals surface area contributed by atoms with Crippen LogP contribution in [0.25, 0.3) is 0 Å². The highest BCUT2D eigenvalue weighted by Gasteiger charge is 2.44. The van der Waals surface area contributed by atoms with Crippen molar-refractivity contribution in [3.8, 4) is 0 Å². The smallest absolute Gasteiger partial charge is 0.305 e. The van der Waals surface area contributed by atoms with Gasteiger partial charge in [0.2, 0.25) is 5.91 Å². The minimum atomic E-state index is -1.57. The summed E-state index contributed by atoms with van der Waals surface area (Å²) >= 11 is 0. The second kappa shape index (κ2) is 69.0. The van der Waals surface area contributed by atoms with Crippen LogP contribution in [-0.4, -0.2) is 100 Å². The van der Waals surface area contributed by atoms with Crippen molar-refractivity contribution in [1.82, 2.24) is 5.32 Å². The van der Waals surface area contributed by atoms with E-state index in [2.05, 4.69) is 55.6 Å². The maximum Gasteiger partial charge on any atom is 0.305 e. The van der Waals surface area contributed by atoms with Gasteiger partial charge in [-0.05, 0) is 89.9 Å². The first-order chi connectivity index (χ1) is 44.7. The first-order valence-electron chi connectivity index (χ1n) is 39.4. The molecule has 1 aliphatic heterocycles. The van der Waals surface area contributed by atoms with Crippen molar-refractivity contribution >= 4 is 11.9 Å². The third-order valence-electron chi connectivity index (χ3n) is 18.7. The van der Waals surface area contributed by atoms with Crippen LogP contribution in [0.4, 0.5) is 0 Å². The number of nitrogens with one attached hydrogen (secondary N) is 1. The molecule has 11 nitrogen and oxygen atoms in total. The Hall–Kier alpha value is -2.38. The molecule has 0 radical (unpaired) electrons. The highest BCUT2D eigenvalue weighted by atomic mass is 16.7. The SMILES string of the molecule is CCCCC/C=C\CCCCCCCC(=O)OCCCCCCCCCCCCCCCCC/C=C\C/C=C\CCCCCCCCCCCCCCCCCCCC(=O)NC(COC1OC(CO)C(O)C(O)C1O)C(O)/C=C/CCCCCCCCCCCC. The molecule has 1 amide bonds. The fraction of sp³-hybridized carbons (Fsp3) is 0.875. The van der Waals surface area contributed by atoms with Crippen LogP contribution in [0, 0.1) is 0 Å². The number of unbranched alkanes of at least 4 members (excludes halogenated alkanes) is 50. The summed E-state index contributed by atoms with van der Waals surface area (Å²) in [6.07, 6.45) is 81.4. The molecule has 6 N–H and O–H groups in total. The van der Waals surface area contributed by atoms with Gasteiger partial charge >= 0.3 is 5.97 Å². The van der Waals surface area contributed by atoms with Gasteiger partial charge in [-0.15, -0.1) is 0 Å². The fourth-order valence-corrected chi connectivity index (χ4v) is 12.5. The lowest BCUT2D eigenvalue weighted by atomic mass is 9.99. The Bertz CT molecular complexity index is 1650. The molecule has 1 rings (SSSR count). The Morgan fingerprint density at radius 1 is 0.407 bits per heavy atom. The van der Waals surface area contributed by atoms with Gasteiger partial charge in [0.1, 0.15) is 24.4 Å². The molecule has 534 valence electrons. The highest BCUT2D eigenvalue weighted by molar-refractivity contribution is 5.76. The Morgan fingerprint density at radius 3 is 1.14 bits per heavy atom. The van der Waals surface area contributed by atoms with Gasteiger partial charge in [0.15, 0.2) is 6.29 Å². The molecule has 11 heteroatoms. The van der Waals surface area contributed by atoms with Crippen LogP contribution < -0.4 is 5.32 Å². The van der Waals surface area contributed by atoms with Crippen LogP contribution in [0.2, 0.25) is 0 Å². The summed E-state index contributed by atoms with van der Waals surface area (Å²) in [5, 5.41) is 54.5. The molecule has 7 atom stereocenters.